The average molecular weight is 520 g/mol. The van der Waals surface area contributed by atoms with Crippen molar-refractivity contribution in [2.24, 2.45) is 5.92 Å². The van der Waals surface area contributed by atoms with Crippen molar-refractivity contribution >= 4 is 39.0 Å². The van der Waals surface area contributed by atoms with Crippen molar-refractivity contribution in [3.8, 4) is 11.8 Å². The fraction of sp³-hybridized carbons (Fsp3) is 0.250. The van der Waals surface area contributed by atoms with Gasteiger partial charge in [0, 0.05) is 10.3 Å². The number of aromatic amines is 1. The van der Waals surface area contributed by atoms with E-state index in [1.807, 2.05) is 60.7 Å². The summed E-state index contributed by atoms with van der Waals surface area (Å²) in [4.78, 5) is 42.4. The summed E-state index contributed by atoms with van der Waals surface area (Å²) >= 11 is 1.38. The van der Waals surface area contributed by atoms with Gasteiger partial charge in [-0.3, -0.25) is 19.4 Å². The van der Waals surface area contributed by atoms with E-state index >= 15 is 0 Å². The number of amides is 2. The van der Waals surface area contributed by atoms with Crippen molar-refractivity contribution in [3.05, 3.63) is 82.2 Å². The number of nitrogens with one attached hydrogen (secondary N) is 3. The van der Waals surface area contributed by atoms with E-state index in [1.54, 1.807) is 13.8 Å². The zero-order valence-electron chi connectivity index (χ0n) is 20.7. The lowest BCUT2D eigenvalue weighted by Gasteiger charge is -2.24. The summed E-state index contributed by atoms with van der Waals surface area (Å²) in [6.45, 7) is 5.06. The second-order valence-electron chi connectivity index (χ2n) is 9.26. The van der Waals surface area contributed by atoms with Gasteiger partial charge in [0.15, 0.2) is 11.7 Å². The molecule has 4 aromatic rings. The molecular formula is C28H29N3O5S. The van der Waals surface area contributed by atoms with E-state index in [1.165, 1.54) is 18.3 Å². The molecule has 5 N–H and O–H groups in total. The molecule has 2 heterocycles. The van der Waals surface area contributed by atoms with Crippen LogP contribution in [0, 0.1) is 12.8 Å². The number of hydrogen-bond acceptors (Lipinski definition) is 6. The van der Waals surface area contributed by atoms with Crippen molar-refractivity contribution in [1.82, 2.24) is 15.6 Å². The Morgan fingerprint density at radius 2 is 1.62 bits per heavy atom. The van der Waals surface area contributed by atoms with Crippen LogP contribution < -0.4 is 10.6 Å². The van der Waals surface area contributed by atoms with Crippen LogP contribution in [0.15, 0.2) is 60.7 Å². The predicted octanol–water partition coefficient (Wildman–Crippen LogP) is 4.83. The Bertz CT molecular complexity index is 1410. The van der Waals surface area contributed by atoms with Gasteiger partial charge in [-0.1, -0.05) is 62.4 Å². The lowest BCUT2D eigenvalue weighted by molar-refractivity contribution is -0.122. The summed E-state index contributed by atoms with van der Waals surface area (Å²) in [6.07, 6.45) is -0.0967. The molecule has 0 aliphatic heterocycles. The van der Waals surface area contributed by atoms with Crippen LogP contribution in [0.5, 0.6) is 11.8 Å². The molecule has 0 fully saturated rings. The minimum Gasteiger partial charge on any atom is -0.494 e. The van der Waals surface area contributed by atoms with Crippen molar-refractivity contribution in [2.45, 2.75) is 39.3 Å². The van der Waals surface area contributed by atoms with E-state index in [2.05, 4.69) is 15.6 Å². The molecule has 0 unspecified atom stereocenters. The fourth-order valence-electron chi connectivity index (χ4n) is 4.23. The number of Topliss-reactive ketones (excluding diaryl/α,β-unsaturated/α-hetero) is 1. The monoisotopic (exact) mass is 519 g/mol. The number of aromatic hydroxyl groups is 2. The summed E-state index contributed by atoms with van der Waals surface area (Å²) < 4.78 is 0.995. The number of carbonyl (C=O) groups excluding carboxylic acids is 3. The largest absolute Gasteiger partial charge is 0.494 e. The highest BCUT2D eigenvalue weighted by Gasteiger charge is 2.31. The van der Waals surface area contributed by atoms with E-state index in [4.69, 9.17) is 0 Å². The number of benzene rings is 2. The number of fused-ring (bicyclic) bond motifs is 1. The van der Waals surface area contributed by atoms with Crippen LogP contribution in [-0.2, 0) is 4.79 Å². The van der Waals surface area contributed by atoms with Crippen LogP contribution in [0.4, 0.5) is 0 Å². The third-order valence-corrected chi connectivity index (χ3v) is 7.38. The summed E-state index contributed by atoms with van der Waals surface area (Å²) in [5.41, 5.74) is 0.901. The maximum Gasteiger partial charge on any atom is 0.261 e. The highest BCUT2D eigenvalue weighted by Crippen LogP contribution is 2.30. The van der Waals surface area contributed by atoms with Gasteiger partial charge in [-0.15, -0.1) is 11.3 Å². The van der Waals surface area contributed by atoms with Gasteiger partial charge in [-0.05, 0) is 35.9 Å². The Hall–Kier alpha value is -4.11. The first-order valence-electron chi connectivity index (χ1n) is 11.9. The summed E-state index contributed by atoms with van der Waals surface area (Å²) in [5, 5.41) is 26.7. The van der Waals surface area contributed by atoms with Gasteiger partial charge in [0.25, 0.3) is 5.91 Å². The minimum atomic E-state index is -0.943. The first-order valence-corrected chi connectivity index (χ1v) is 12.8. The maximum atomic E-state index is 13.2. The van der Waals surface area contributed by atoms with Gasteiger partial charge < -0.3 is 20.8 Å². The van der Waals surface area contributed by atoms with E-state index in [0.29, 0.717) is 4.88 Å². The highest BCUT2D eigenvalue weighted by atomic mass is 32.1. The van der Waals surface area contributed by atoms with Crippen LogP contribution in [0.2, 0.25) is 0 Å². The zero-order valence-corrected chi connectivity index (χ0v) is 21.6. The Morgan fingerprint density at radius 1 is 0.946 bits per heavy atom. The Labute approximate surface area is 218 Å². The van der Waals surface area contributed by atoms with Crippen molar-refractivity contribution in [2.75, 3.05) is 0 Å². The van der Waals surface area contributed by atoms with Gasteiger partial charge in [-0.2, -0.15) is 0 Å². The molecule has 2 amide bonds. The molecule has 37 heavy (non-hydrogen) atoms. The minimum absolute atomic E-state index is 0.0610. The Kier molecular flexibility index (Phi) is 7.63. The van der Waals surface area contributed by atoms with E-state index in [-0.39, 0.29) is 35.3 Å². The second kappa shape index (κ2) is 10.9. The Morgan fingerprint density at radius 3 is 2.24 bits per heavy atom. The molecule has 0 radical (unpaired) electrons. The van der Waals surface area contributed by atoms with Crippen molar-refractivity contribution in [1.29, 1.82) is 0 Å². The first kappa shape index (κ1) is 26.0. The number of carbonyl (C=O) groups is 3. The van der Waals surface area contributed by atoms with Crippen molar-refractivity contribution in [3.63, 3.8) is 0 Å². The van der Waals surface area contributed by atoms with Gasteiger partial charge in [-0.25, -0.2) is 0 Å². The van der Waals surface area contributed by atoms with Crippen LogP contribution >= 0.6 is 11.3 Å². The lowest BCUT2D eigenvalue weighted by Crippen LogP contribution is -2.45. The standard InChI is InChI=1S/C28H29N3O5S/c1-15(2)24(25(33)23-16(3)26(34)31-28(23)36)30-22(32)14-19(17-9-5-4-6-10-17)29-27(35)21-13-18-11-7-8-12-20(18)37-21/h4-13,15,19,24,31,34,36H,14H2,1-3H3,(H,29,35)(H,30,32)/t19-,24-/m0/s1. The molecule has 2 atom stereocenters. The Balaban J connectivity index is 1.53. The SMILES string of the molecule is Cc1c(O)[nH]c(O)c1C(=O)[C@@H](NC(=O)C[C@H](NC(=O)c1cc2ccccc2s1)c1ccccc1)C(C)C. The molecule has 4 rings (SSSR count). The normalized spacial score (nSPS) is 12.9. The number of hydrogen-bond donors (Lipinski definition) is 5. The highest BCUT2D eigenvalue weighted by molar-refractivity contribution is 7.20. The smallest absolute Gasteiger partial charge is 0.261 e. The van der Waals surface area contributed by atoms with Gasteiger partial charge in [0.2, 0.25) is 11.8 Å². The number of thiophene rings is 1. The average Bonchev–Trinajstić information content (AvgIpc) is 3.42. The van der Waals surface area contributed by atoms with Crippen LogP contribution in [0.3, 0.4) is 0 Å². The summed E-state index contributed by atoms with van der Waals surface area (Å²) in [5.74, 6) is -2.28. The van der Waals surface area contributed by atoms with E-state index in [0.717, 1.165) is 15.6 Å². The van der Waals surface area contributed by atoms with E-state index in [9.17, 15) is 24.6 Å². The number of H-pyrrole nitrogens is 1. The molecule has 0 aliphatic rings. The maximum absolute atomic E-state index is 13.2. The van der Waals surface area contributed by atoms with E-state index < -0.39 is 29.7 Å². The fourth-order valence-corrected chi connectivity index (χ4v) is 5.20. The third kappa shape index (κ3) is 5.67. The molecule has 8 nitrogen and oxygen atoms in total. The molecule has 0 aliphatic carbocycles. The van der Waals surface area contributed by atoms with Gasteiger partial charge >= 0.3 is 0 Å². The zero-order chi connectivity index (χ0) is 26.7. The van der Waals surface area contributed by atoms with Crippen molar-refractivity contribution < 1.29 is 24.6 Å². The number of aromatic nitrogens is 1. The molecule has 9 heteroatoms. The van der Waals surface area contributed by atoms with Gasteiger partial charge in [0.1, 0.15) is 0 Å². The third-order valence-electron chi connectivity index (χ3n) is 6.26. The van der Waals surface area contributed by atoms with Gasteiger partial charge in [0.05, 0.1) is 28.9 Å². The first-order chi connectivity index (χ1) is 17.7. The molecule has 0 saturated heterocycles. The quantitative estimate of drug-likeness (QED) is 0.202. The molecule has 0 saturated carbocycles. The topological polar surface area (TPSA) is 132 Å². The second-order valence-corrected chi connectivity index (χ2v) is 10.3. The molecular weight excluding hydrogens is 490 g/mol. The number of ketones is 1. The molecule has 2 aromatic carbocycles. The molecule has 0 spiro atoms. The molecule has 192 valence electrons. The number of rotatable bonds is 9. The van der Waals surface area contributed by atoms with Crippen LogP contribution in [0.25, 0.3) is 10.1 Å². The summed E-state index contributed by atoms with van der Waals surface area (Å²) in [7, 11) is 0. The lowest BCUT2D eigenvalue weighted by atomic mass is 9.93. The van der Waals surface area contributed by atoms with Crippen LogP contribution in [0.1, 0.15) is 57.5 Å². The molecule has 2 aromatic heterocycles. The predicted molar refractivity (Wildman–Crippen MR) is 143 cm³/mol. The van der Waals surface area contributed by atoms with Crippen LogP contribution in [-0.4, -0.2) is 38.8 Å². The summed E-state index contributed by atoms with van der Waals surface area (Å²) in [6, 6.07) is 17.1. The molecule has 0 bridgehead atoms.